The fraction of sp³-hybridized carbons (Fsp3) is 0.290. The van der Waals surface area contributed by atoms with Gasteiger partial charge in [0.15, 0.2) is 11.4 Å². The van der Waals surface area contributed by atoms with E-state index < -0.39 is 12.0 Å². The van der Waals surface area contributed by atoms with Crippen molar-refractivity contribution in [1.29, 1.82) is 0 Å². The molecular weight excluding hydrogens is 576 g/mol. The maximum Gasteiger partial charge on any atom is 0.338 e. The average Bonchev–Trinajstić information content (AvgIpc) is 3.29. The van der Waals surface area contributed by atoms with Crippen LogP contribution in [0.15, 0.2) is 82.2 Å². The number of amides is 1. The van der Waals surface area contributed by atoms with Crippen LogP contribution >= 0.6 is 22.9 Å². The molecule has 2 aromatic carbocycles. The summed E-state index contributed by atoms with van der Waals surface area (Å²) in [6.07, 6.45) is 3.26. The van der Waals surface area contributed by atoms with E-state index in [9.17, 15) is 14.4 Å². The van der Waals surface area contributed by atoms with Crippen molar-refractivity contribution in [3.05, 3.63) is 108 Å². The molecule has 0 radical (unpaired) electrons. The number of benzene rings is 2. The van der Waals surface area contributed by atoms with Crippen LogP contribution in [0.3, 0.4) is 0 Å². The molecule has 3 aromatic rings. The number of piperazine rings is 1. The molecule has 3 heterocycles. The lowest BCUT2D eigenvalue weighted by Gasteiger charge is -2.32. The van der Waals surface area contributed by atoms with Gasteiger partial charge < -0.3 is 19.3 Å². The highest BCUT2D eigenvalue weighted by molar-refractivity contribution is 7.07. The van der Waals surface area contributed by atoms with Gasteiger partial charge in [0.25, 0.3) is 11.5 Å². The van der Waals surface area contributed by atoms with E-state index in [1.807, 2.05) is 24.1 Å². The highest BCUT2D eigenvalue weighted by atomic mass is 35.5. The smallest absolute Gasteiger partial charge is 0.338 e. The van der Waals surface area contributed by atoms with Gasteiger partial charge in [0.05, 0.1) is 21.8 Å². The number of esters is 1. The fourth-order valence-electron chi connectivity index (χ4n) is 4.86. The van der Waals surface area contributed by atoms with Gasteiger partial charge in [-0.3, -0.25) is 14.2 Å². The number of likely N-dealkylation sites (N-methyl/N-ethyl adjacent to an activating group) is 1. The van der Waals surface area contributed by atoms with Crippen LogP contribution in [0, 0.1) is 0 Å². The Morgan fingerprint density at radius 3 is 2.45 bits per heavy atom. The fourth-order valence-corrected chi connectivity index (χ4v) is 6.03. The second-order valence-corrected chi connectivity index (χ2v) is 11.5. The summed E-state index contributed by atoms with van der Waals surface area (Å²) >= 11 is 7.37. The van der Waals surface area contributed by atoms with Gasteiger partial charge in [-0.1, -0.05) is 59.9 Å². The molecule has 1 atom stereocenters. The Morgan fingerprint density at radius 2 is 1.79 bits per heavy atom. The van der Waals surface area contributed by atoms with Gasteiger partial charge in [0.1, 0.15) is 12.4 Å². The molecule has 1 aromatic heterocycles. The zero-order chi connectivity index (χ0) is 29.8. The van der Waals surface area contributed by atoms with Crippen molar-refractivity contribution in [3.8, 4) is 5.75 Å². The summed E-state index contributed by atoms with van der Waals surface area (Å²) in [6, 6.07) is 13.5. The van der Waals surface area contributed by atoms with E-state index >= 15 is 0 Å². The standard InChI is InChI=1S/C31H31ClN4O5S/c1-4-17-40-30(39)27-20(2)33-31-36(28(27)22-7-9-23(32)10-8-22)29(38)25(42-31)18-21-5-11-24(12-6-21)41-19-26(37)35-15-13-34(3)14-16-35/h4-12,18,28H,1,13-17,19H2,2-3H3/b25-18-. The molecular formula is C31H31ClN4O5S. The number of ether oxygens (including phenoxy) is 2. The summed E-state index contributed by atoms with van der Waals surface area (Å²) in [4.78, 5) is 48.4. The summed E-state index contributed by atoms with van der Waals surface area (Å²) in [6.45, 7) is 8.46. The summed E-state index contributed by atoms with van der Waals surface area (Å²) in [5, 5.41) is 0.541. The number of aromatic nitrogens is 1. The lowest BCUT2D eigenvalue weighted by Crippen LogP contribution is -2.48. The van der Waals surface area contributed by atoms with Gasteiger partial charge in [-0.05, 0) is 55.4 Å². The van der Waals surface area contributed by atoms with Crippen LogP contribution in [0.2, 0.25) is 5.02 Å². The Bertz CT molecular complexity index is 1700. The first-order valence-corrected chi connectivity index (χ1v) is 14.7. The average molecular weight is 607 g/mol. The van der Waals surface area contributed by atoms with E-state index in [0.717, 1.165) is 18.7 Å². The van der Waals surface area contributed by atoms with Gasteiger partial charge in [0.2, 0.25) is 0 Å². The normalized spacial score (nSPS) is 17.5. The van der Waals surface area contributed by atoms with Gasteiger partial charge in [-0.2, -0.15) is 0 Å². The lowest BCUT2D eigenvalue weighted by atomic mass is 9.96. The molecule has 0 spiro atoms. The highest BCUT2D eigenvalue weighted by Gasteiger charge is 2.33. The molecule has 1 unspecified atom stereocenters. The van der Waals surface area contributed by atoms with Gasteiger partial charge >= 0.3 is 5.97 Å². The van der Waals surface area contributed by atoms with Crippen LogP contribution in [0.4, 0.5) is 0 Å². The topological polar surface area (TPSA) is 93.4 Å². The number of hydrogen-bond acceptors (Lipinski definition) is 8. The summed E-state index contributed by atoms with van der Waals surface area (Å²) in [5.74, 6) is -0.0317. The van der Waals surface area contributed by atoms with Crippen LogP contribution in [-0.2, 0) is 14.3 Å². The number of carbonyl (C=O) groups is 2. The Labute approximate surface area is 252 Å². The predicted octanol–water partition coefficient (Wildman–Crippen LogP) is 2.77. The molecule has 218 valence electrons. The number of thiazole rings is 1. The van der Waals surface area contributed by atoms with E-state index in [0.29, 0.717) is 44.5 Å². The predicted molar refractivity (Wildman–Crippen MR) is 162 cm³/mol. The molecule has 2 aliphatic rings. The van der Waals surface area contributed by atoms with Crippen LogP contribution in [0.25, 0.3) is 6.08 Å². The molecule has 9 nitrogen and oxygen atoms in total. The molecule has 0 aliphatic carbocycles. The zero-order valence-electron chi connectivity index (χ0n) is 23.4. The number of allylic oxidation sites excluding steroid dienone is 1. The molecule has 0 bridgehead atoms. The Balaban J connectivity index is 1.41. The monoisotopic (exact) mass is 606 g/mol. The second-order valence-electron chi connectivity index (χ2n) is 10.1. The Morgan fingerprint density at radius 1 is 1.10 bits per heavy atom. The molecule has 0 N–H and O–H groups in total. The second kappa shape index (κ2) is 12.9. The third-order valence-corrected chi connectivity index (χ3v) is 8.39. The van der Waals surface area contributed by atoms with E-state index in [4.69, 9.17) is 21.1 Å². The molecule has 0 saturated carbocycles. The Hall–Kier alpha value is -3.99. The van der Waals surface area contributed by atoms with Crippen molar-refractivity contribution in [1.82, 2.24) is 14.4 Å². The van der Waals surface area contributed by atoms with Crippen LogP contribution < -0.4 is 19.6 Å². The van der Waals surface area contributed by atoms with Crippen molar-refractivity contribution in [3.63, 3.8) is 0 Å². The van der Waals surface area contributed by atoms with Crippen molar-refractivity contribution in [2.45, 2.75) is 13.0 Å². The van der Waals surface area contributed by atoms with Gasteiger partial charge in [-0.15, -0.1) is 0 Å². The summed E-state index contributed by atoms with van der Waals surface area (Å²) in [5.41, 5.74) is 1.97. The van der Waals surface area contributed by atoms with Crippen molar-refractivity contribution >= 4 is 40.9 Å². The number of fused-ring (bicyclic) bond motifs is 1. The summed E-state index contributed by atoms with van der Waals surface area (Å²) < 4.78 is 13.1. The number of halogens is 1. The van der Waals surface area contributed by atoms with Crippen LogP contribution in [0.1, 0.15) is 24.1 Å². The van der Waals surface area contributed by atoms with E-state index in [1.54, 1.807) is 49.4 Å². The lowest BCUT2D eigenvalue weighted by molar-refractivity contribution is -0.138. The highest BCUT2D eigenvalue weighted by Crippen LogP contribution is 2.31. The SMILES string of the molecule is C=CCOC(=O)C1=C(C)N=c2s/c(=C\c3ccc(OCC(=O)N4CCN(C)CC4)cc3)c(=O)n2C1c1ccc(Cl)cc1. The molecule has 1 amide bonds. The maximum absolute atomic E-state index is 13.8. The Kier molecular flexibility index (Phi) is 9.06. The first-order valence-electron chi connectivity index (χ1n) is 13.5. The van der Waals surface area contributed by atoms with Crippen molar-refractivity contribution in [2.75, 3.05) is 46.4 Å². The number of rotatable bonds is 8. The van der Waals surface area contributed by atoms with Crippen LogP contribution in [-0.4, -0.2) is 72.7 Å². The first-order chi connectivity index (χ1) is 20.2. The van der Waals surface area contributed by atoms with Crippen LogP contribution in [0.5, 0.6) is 5.75 Å². The molecule has 2 aliphatic heterocycles. The molecule has 11 heteroatoms. The van der Waals surface area contributed by atoms with E-state index in [1.165, 1.54) is 22.0 Å². The van der Waals surface area contributed by atoms with Gasteiger partial charge in [0, 0.05) is 31.2 Å². The quantitative estimate of drug-likeness (QED) is 0.289. The molecule has 1 saturated heterocycles. The number of nitrogens with zero attached hydrogens (tertiary/aromatic N) is 4. The third kappa shape index (κ3) is 6.41. The van der Waals surface area contributed by atoms with E-state index in [-0.39, 0.29) is 30.3 Å². The third-order valence-electron chi connectivity index (χ3n) is 7.16. The minimum atomic E-state index is -0.730. The minimum Gasteiger partial charge on any atom is -0.484 e. The van der Waals surface area contributed by atoms with Crippen molar-refractivity contribution in [2.24, 2.45) is 4.99 Å². The molecule has 5 rings (SSSR count). The van der Waals surface area contributed by atoms with E-state index in [2.05, 4.69) is 16.5 Å². The van der Waals surface area contributed by atoms with Crippen molar-refractivity contribution < 1.29 is 19.1 Å². The zero-order valence-corrected chi connectivity index (χ0v) is 25.0. The maximum atomic E-state index is 13.8. The molecule has 1 fully saturated rings. The largest absolute Gasteiger partial charge is 0.484 e. The minimum absolute atomic E-state index is 0.0245. The molecule has 42 heavy (non-hydrogen) atoms. The number of carbonyl (C=O) groups excluding carboxylic acids is 2. The summed E-state index contributed by atoms with van der Waals surface area (Å²) in [7, 11) is 2.04. The number of hydrogen-bond donors (Lipinski definition) is 0. The first kappa shape index (κ1) is 29.5. The van der Waals surface area contributed by atoms with Gasteiger partial charge in [-0.25, -0.2) is 9.79 Å².